The van der Waals surface area contributed by atoms with Crippen LogP contribution in [0, 0.1) is 5.92 Å². The largest absolute Gasteiger partial charge is 0.507 e. The first-order valence-electron chi connectivity index (χ1n) is 18.4. The van der Waals surface area contributed by atoms with Crippen molar-refractivity contribution in [3.63, 3.8) is 0 Å². The van der Waals surface area contributed by atoms with E-state index in [0.717, 1.165) is 12.1 Å². The number of hydrogen-bond donors (Lipinski definition) is 3. The molecule has 1 fully saturated rings. The van der Waals surface area contributed by atoms with Gasteiger partial charge in [-0.1, -0.05) is 30.4 Å². The standard InChI is InChI=1S/C41H47N3O9/c1-25-8-6-11-30(45)10-5-3-4-9-28-19-34(46)39(40(50)38(28)41(51)53-25)32(27-14-16-31(52-2)17-15-27)20-35(47)42-21-37(49)43-22-26-18-29(24-43)33-12-7-13-36(48)44(33)23-26/h4,7,9,12-17,19,25-26,29,32,46,50H,3,5-6,8,10-11,18,20-24H2,1-2H3,(H,42,47)/t25-,26+,29-,32?/m0/s1. The Morgan fingerprint density at radius 3 is 2.57 bits per heavy atom. The number of amides is 2. The lowest BCUT2D eigenvalue weighted by atomic mass is 9.83. The van der Waals surface area contributed by atoms with Crippen LogP contribution in [0.2, 0.25) is 0 Å². The van der Waals surface area contributed by atoms with Crippen LogP contribution in [0.4, 0.5) is 0 Å². The van der Waals surface area contributed by atoms with Crippen LogP contribution < -0.4 is 15.6 Å². The number of hydrogen-bond acceptors (Lipinski definition) is 9. The molecule has 12 heteroatoms. The number of ketones is 1. The van der Waals surface area contributed by atoms with Crippen LogP contribution in [-0.2, 0) is 25.7 Å². The molecule has 2 aromatic carbocycles. The summed E-state index contributed by atoms with van der Waals surface area (Å²) in [6, 6.07) is 13.4. The number of cyclic esters (lactones) is 1. The summed E-state index contributed by atoms with van der Waals surface area (Å²) >= 11 is 0. The Hall–Kier alpha value is -5.39. The zero-order chi connectivity index (χ0) is 37.6. The summed E-state index contributed by atoms with van der Waals surface area (Å²) in [6.45, 7) is 2.95. The van der Waals surface area contributed by atoms with E-state index in [0.29, 0.717) is 69.5 Å². The number of phenols is 2. The third-order valence-electron chi connectivity index (χ3n) is 10.6. The van der Waals surface area contributed by atoms with Crippen LogP contribution in [0.1, 0.15) is 103 Å². The highest BCUT2D eigenvalue weighted by Crippen LogP contribution is 2.44. The summed E-state index contributed by atoms with van der Waals surface area (Å²) in [5.74, 6) is -2.42. The summed E-state index contributed by atoms with van der Waals surface area (Å²) in [7, 11) is 1.52. The van der Waals surface area contributed by atoms with Crippen molar-refractivity contribution in [2.24, 2.45) is 5.92 Å². The van der Waals surface area contributed by atoms with Gasteiger partial charge in [0, 0.05) is 68.1 Å². The van der Waals surface area contributed by atoms with Crippen LogP contribution >= 0.6 is 0 Å². The summed E-state index contributed by atoms with van der Waals surface area (Å²) < 4.78 is 12.8. The molecule has 3 N–H and O–H groups in total. The molecule has 0 spiro atoms. The van der Waals surface area contributed by atoms with Gasteiger partial charge >= 0.3 is 5.97 Å². The zero-order valence-corrected chi connectivity index (χ0v) is 30.2. The summed E-state index contributed by atoms with van der Waals surface area (Å²) in [6.07, 6.45) is 6.54. The molecule has 0 saturated carbocycles. The quantitative estimate of drug-likeness (QED) is 0.283. The molecule has 280 valence electrons. The monoisotopic (exact) mass is 725 g/mol. The Morgan fingerprint density at radius 2 is 1.79 bits per heavy atom. The van der Waals surface area contributed by atoms with Crippen molar-refractivity contribution in [3.8, 4) is 17.2 Å². The molecule has 0 aliphatic carbocycles. The van der Waals surface area contributed by atoms with Crippen LogP contribution in [0.3, 0.4) is 0 Å². The number of nitrogens with zero attached hydrogens (tertiary/aromatic N) is 2. The van der Waals surface area contributed by atoms with Gasteiger partial charge in [-0.2, -0.15) is 0 Å². The molecule has 4 atom stereocenters. The second-order valence-electron chi connectivity index (χ2n) is 14.4. The number of benzene rings is 2. The number of fused-ring (bicyclic) bond motifs is 5. The SMILES string of the molecule is COc1ccc(C(CC(=O)NCC(=O)N2C[C@H]3C[C@@H](C2)c2cccc(=O)n2C3)c2c(O)cc3c(c2O)C(=O)O[C@@H](C)CCCC(=O)CCCC=C3)cc1. The minimum atomic E-state index is -0.932. The van der Waals surface area contributed by atoms with Gasteiger partial charge in [0.25, 0.3) is 5.56 Å². The van der Waals surface area contributed by atoms with Crippen LogP contribution in [0.25, 0.3) is 6.08 Å². The average molecular weight is 726 g/mol. The molecule has 2 amide bonds. The number of likely N-dealkylation sites (tertiary alicyclic amines) is 1. The van der Waals surface area contributed by atoms with Gasteiger partial charge < -0.3 is 34.5 Å². The fraction of sp³-hybridized carbons (Fsp3) is 0.439. The average Bonchev–Trinajstić information content (AvgIpc) is 3.13. The van der Waals surface area contributed by atoms with Crippen molar-refractivity contribution in [1.29, 1.82) is 0 Å². The summed E-state index contributed by atoms with van der Waals surface area (Å²) in [4.78, 5) is 67.1. The first-order valence-corrected chi connectivity index (χ1v) is 18.4. The Bertz CT molecular complexity index is 1950. The number of allylic oxidation sites excluding steroid dienone is 1. The number of piperidine rings is 1. The molecule has 3 aromatic rings. The first kappa shape index (κ1) is 37.4. The molecule has 0 radical (unpaired) electrons. The van der Waals surface area contributed by atoms with E-state index in [2.05, 4.69) is 5.32 Å². The maximum absolute atomic E-state index is 13.7. The predicted octanol–water partition coefficient (Wildman–Crippen LogP) is 5.03. The van der Waals surface area contributed by atoms with E-state index in [1.165, 1.54) is 13.2 Å². The van der Waals surface area contributed by atoms with Crippen molar-refractivity contribution < 1.29 is 38.9 Å². The van der Waals surface area contributed by atoms with E-state index in [9.17, 15) is 34.2 Å². The molecule has 4 heterocycles. The number of esters is 1. The van der Waals surface area contributed by atoms with Gasteiger partial charge in [0.1, 0.15) is 28.6 Å². The lowest BCUT2D eigenvalue weighted by molar-refractivity contribution is -0.135. The van der Waals surface area contributed by atoms with Gasteiger partial charge in [-0.3, -0.25) is 19.2 Å². The molecule has 3 aliphatic heterocycles. The highest BCUT2D eigenvalue weighted by Gasteiger charge is 2.36. The minimum absolute atomic E-state index is 0.0297. The van der Waals surface area contributed by atoms with Crippen LogP contribution in [-0.4, -0.2) is 76.1 Å². The molecule has 12 nitrogen and oxygen atoms in total. The van der Waals surface area contributed by atoms with Crippen molar-refractivity contribution >= 4 is 29.6 Å². The Labute approximate surface area is 308 Å². The summed E-state index contributed by atoms with van der Waals surface area (Å²) in [5, 5.41) is 26.0. The van der Waals surface area contributed by atoms with Crippen molar-refractivity contribution in [2.75, 3.05) is 26.7 Å². The molecule has 3 aliphatic rings. The molecular formula is C41H47N3O9. The van der Waals surface area contributed by atoms with E-state index in [1.54, 1.807) is 64.9 Å². The number of nitrogens with one attached hydrogen (secondary N) is 1. The molecule has 1 unspecified atom stereocenters. The summed E-state index contributed by atoms with van der Waals surface area (Å²) in [5.41, 5.74) is 1.51. The van der Waals surface area contributed by atoms with Gasteiger partial charge in [-0.15, -0.1) is 0 Å². The zero-order valence-electron chi connectivity index (χ0n) is 30.2. The van der Waals surface area contributed by atoms with E-state index in [-0.39, 0.29) is 64.5 Å². The van der Waals surface area contributed by atoms with Gasteiger partial charge in [-0.05, 0) is 80.3 Å². The predicted molar refractivity (Wildman–Crippen MR) is 197 cm³/mol. The maximum Gasteiger partial charge on any atom is 0.342 e. The molecule has 6 rings (SSSR count). The third-order valence-corrected chi connectivity index (χ3v) is 10.6. The highest BCUT2D eigenvalue weighted by atomic mass is 16.5. The second kappa shape index (κ2) is 16.5. The van der Waals surface area contributed by atoms with E-state index < -0.39 is 29.6 Å². The maximum atomic E-state index is 13.7. The molecule has 1 aromatic heterocycles. The van der Waals surface area contributed by atoms with E-state index in [4.69, 9.17) is 9.47 Å². The smallest absolute Gasteiger partial charge is 0.342 e. The topological polar surface area (TPSA) is 164 Å². The van der Waals surface area contributed by atoms with Gasteiger partial charge in [-0.25, -0.2) is 4.79 Å². The molecular weight excluding hydrogens is 678 g/mol. The number of rotatable bonds is 7. The number of methoxy groups -OCH3 is 1. The van der Waals surface area contributed by atoms with Gasteiger partial charge in [0.2, 0.25) is 11.8 Å². The lowest BCUT2D eigenvalue weighted by Crippen LogP contribution is -2.51. The second-order valence-corrected chi connectivity index (χ2v) is 14.4. The highest BCUT2D eigenvalue weighted by molar-refractivity contribution is 5.98. The number of phenolic OH excluding ortho intramolecular Hbond substituents is 2. The van der Waals surface area contributed by atoms with Gasteiger partial charge in [0.15, 0.2) is 0 Å². The molecule has 1 saturated heterocycles. The fourth-order valence-electron chi connectivity index (χ4n) is 7.89. The van der Waals surface area contributed by atoms with Crippen molar-refractivity contribution in [3.05, 3.63) is 92.9 Å². The first-order chi connectivity index (χ1) is 25.5. The molecule has 2 bridgehead atoms. The minimum Gasteiger partial charge on any atom is -0.507 e. The van der Waals surface area contributed by atoms with Crippen molar-refractivity contribution in [1.82, 2.24) is 14.8 Å². The third kappa shape index (κ3) is 8.64. The van der Waals surface area contributed by atoms with Crippen LogP contribution in [0.15, 0.2) is 59.4 Å². The fourth-order valence-corrected chi connectivity index (χ4v) is 7.89. The molecule has 53 heavy (non-hydrogen) atoms. The number of carbonyl (C=O) groups excluding carboxylic acids is 4. The van der Waals surface area contributed by atoms with Crippen LogP contribution in [0.5, 0.6) is 17.2 Å². The number of aromatic nitrogens is 1. The van der Waals surface area contributed by atoms with Gasteiger partial charge in [0.05, 0.1) is 19.8 Å². The number of Topliss-reactive ketones (excluding diaryl/α,β-unsaturated/α-hetero) is 1. The van der Waals surface area contributed by atoms with E-state index in [1.807, 2.05) is 6.07 Å². The number of carbonyl (C=O) groups is 4. The Morgan fingerprint density at radius 1 is 1.02 bits per heavy atom. The normalized spacial score (nSPS) is 21.0. The van der Waals surface area contributed by atoms with E-state index >= 15 is 0 Å². The van der Waals surface area contributed by atoms with Crippen molar-refractivity contribution in [2.45, 2.75) is 82.8 Å². The number of pyridine rings is 1. The number of ether oxygens (including phenoxy) is 2. The lowest BCUT2D eigenvalue weighted by Gasteiger charge is -2.42. The number of aromatic hydroxyl groups is 2. The Kier molecular flexibility index (Phi) is 11.6. The Balaban J connectivity index is 1.25.